The average molecular weight is 1110 g/mol. The second kappa shape index (κ2) is 67.8. The molecule has 0 aromatic heterocycles. The molecule has 0 fully saturated rings. The van der Waals surface area contributed by atoms with Gasteiger partial charge in [-0.1, -0.05) is 291 Å². The number of hydrogen-bond donors (Lipinski definition) is 0. The molecule has 0 heterocycles. The van der Waals surface area contributed by atoms with Gasteiger partial charge in [0.05, 0.1) is 0 Å². The number of rotatable bonds is 62. The van der Waals surface area contributed by atoms with Gasteiger partial charge in [-0.3, -0.25) is 14.4 Å². The number of carbonyl (C=O) groups excluding carboxylic acids is 3. The van der Waals surface area contributed by atoms with E-state index in [2.05, 4.69) is 118 Å². The zero-order valence-electron chi connectivity index (χ0n) is 52.8. The van der Waals surface area contributed by atoms with Crippen LogP contribution in [0.4, 0.5) is 0 Å². The molecule has 0 saturated carbocycles. The highest BCUT2D eigenvalue weighted by molar-refractivity contribution is 5.71. The molecule has 1 unspecified atom stereocenters. The predicted molar refractivity (Wildman–Crippen MR) is 348 cm³/mol. The second-order valence-corrected chi connectivity index (χ2v) is 22.7. The van der Waals surface area contributed by atoms with Crippen molar-refractivity contribution in [1.29, 1.82) is 0 Å². The van der Waals surface area contributed by atoms with Crippen LogP contribution in [-0.4, -0.2) is 37.2 Å². The van der Waals surface area contributed by atoms with Crippen LogP contribution in [0, 0.1) is 0 Å². The molecule has 6 nitrogen and oxygen atoms in total. The maximum absolute atomic E-state index is 13.0. The molecule has 0 aliphatic carbocycles. The van der Waals surface area contributed by atoms with Crippen LogP contribution in [0.3, 0.4) is 0 Å². The molecular formula is C74H128O6. The van der Waals surface area contributed by atoms with E-state index in [9.17, 15) is 14.4 Å². The Labute approximate surface area is 496 Å². The topological polar surface area (TPSA) is 78.9 Å². The fraction of sp³-hybridized carbons (Fsp3) is 0.743. The van der Waals surface area contributed by atoms with E-state index < -0.39 is 6.10 Å². The lowest BCUT2D eigenvalue weighted by Crippen LogP contribution is -2.30. The van der Waals surface area contributed by atoms with Crippen molar-refractivity contribution in [2.45, 2.75) is 341 Å². The molecule has 0 aliphatic rings. The van der Waals surface area contributed by atoms with Crippen molar-refractivity contribution in [3.63, 3.8) is 0 Å². The number of hydrogen-bond acceptors (Lipinski definition) is 6. The Morgan fingerprint density at radius 1 is 0.263 bits per heavy atom. The molecule has 0 aromatic rings. The van der Waals surface area contributed by atoms with E-state index in [1.165, 1.54) is 186 Å². The van der Waals surface area contributed by atoms with E-state index in [4.69, 9.17) is 14.2 Å². The molecule has 460 valence electrons. The average Bonchev–Trinajstić information content (AvgIpc) is 3.46. The number of carbonyl (C=O) groups is 3. The van der Waals surface area contributed by atoms with Gasteiger partial charge in [-0.15, -0.1) is 0 Å². The fourth-order valence-electron chi connectivity index (χ4n) is 9.67. The Balaban J connectivity index is 4.39. The van der Waals surface area contributed by atoms with Crippen molar-refractivity contribution in [3.8, 4) is 0 Å². The van der Waals surface area contributed by atoms with Gasteiger partial charge in [-0.2, -0.15) is 0 Å². The van der Waals surface area contributed by atoms with E-state index in [0.717, 1.165) is 109 Å². The van der Waals surface area contributed by atoms with Crippen LogP contribution in [0.5, 0.6) is 0 Å². The van der Waals surface area contributed by atoms with Crippen LogP contribution >= 0.6 is 0 Å². The summed E-state index contributed by atoms with van der Waals surface area (Å²) < 4.78 is 17.0. The molecule has 0 saturated heterocycles. The molecule has 0 aliphatic heterocycles. The Morgan fingerprint density at radius 3 is 0.775 bits per heavy atom. The predicted octanol–water partition coefficient (Wildman–Crippen LogP) is 23.6. The first-order chi connectivity index (χ1) is 39.5. The van der Waals surface area contributed by atoms with Crippen molar-refractivity contribution in [2.24, 2.45) is 0 Å². The highest BCUT2D eigenvalue weighted by Gasteiger charge is 2.19. The molecule has 0 aromatic carbocycles. The fourth-order valence-corrected chi connectivity index (χ4v) is 9.67. The standard InChI is InChI=1S/C74H128O6/c1-4-7-10-13-16-19-22-25-28-31-33-35-37-39-41-43-46-49-52-55-58-61-64-67-73(76)79-70-71(69-78-72(75)66-63-60-57-54-51-48-45-30-27-24-21-18-15-12-9-6-3)80-74(77)68-65-62-59-56-53-50-47-44-42-40-38-36-34-32-29-26-23-20-17-14-11-8-5-2/h7,10,16,19,23,25-26,28,30,32-35,38,40,45,71H,4-6,8-9,11-15,17-18,20-22,24,27,29,31,36-37,39,41-44,46-70H2,1-3H3/b10-7-,19-16-,26-23-,28-25-,34-32-,35-33-,40-38-,45-30-. The summed E-state index contributed by atoms with van der Waals surface area (Å²) >= 11 is 0. The minimum absolute atomic E-state index is 0.0845. The van der Waals surface area contributed by atoms with Crippen LogP contribution in [0.25, 0.3) is 0 Å². The van der Waals surface area contributed by atoms with Crippen molar-refractivity contribution in [2.75, 3.05) is 13.2 Å². The van der Waals surface area contributed by atoms with E-state index in [0.29, 0.717) is 19.3 Å². The lowest BCUT2D eigenvalue weighted by Gasteiger charge is -2.18. The highest BCUT2D eigenvalue weighted by Crippen LogP contribution is 2.16. The van der Waals surface area contributed by atoms with Crippen LogP contribution in [0.15, 0.2) is 97.2 Å². The van der Waals surface area contributed by atoms with Gasteiger partial charge >= 0.3 is 17.9 Å². The summed E-state index contributed by atoms with van der Waals surface area (Å²) in [6.07, 6.45) is 91.3. The molecule has 0 spiro atoms. The first-order valence-corrected chi connectivity index (χ1v) is 34.2. The third-order valence-corrected chi connectivity index (χ3v) is 14.8. The van der Waals surface area contributed by atoms with Gasteiger partial charge < -0.3 is 14.2 Å². The molecule has 0 N–H and O–H groups in total. The van der Waals surface area contributed by atoms with Gasteiger partial charge in [0.1, 0.15) is 13.2 Å². The highest BCUT2D eigenvalue weighted by atomic mass is 16.6. The Hall–Kier alpha value is -3.67. The smallest absolute Gasteiger partial charge is 0.306 e. The van der Waals surface area contributed by atoms with Crippen molar-refractivity contribution >= 4 is 17.9 Å². The van der Waals surface area contributed by atoms with Gasteiger partial charge in [0.15, 0.2) is 6.10 Å². The van der Waals surface area contributed by atoms with Crippen LogP contribution < -0.4 is 0 Å². The van der Waals surface area contributed by atoms with Crippen molar-refractivity contribution in [1.82, 2.24) is 0 Å². The zero-order chi connectivity index (χ0) is 57.8. The van der Waals surface area contributed by atoms with E-state index in [1.54, 1.807) is 0 Å². The first-order valence-electron chi connectivity index (χ1n) is 34.2. The minimum atomic E-state index is -0.790. The monoisotopic (exact) mass is 1110 g/mol. The molecule has 0 amide bonds. The van der Waals surface area contributed by atoms with Crippen LogP contribution in [0.2, 0.25) is 0 Å². The molecule has 1 atom stereocenters. The summed E-state index contributed by atoms with van der Waals surface area (Å²) in [6.45, 7) is 6.53. The van der Waals surface area contributed by atoms with Crippen molar-refractivity contribution < 1.29 is 28.6 Å². The molecular weight excluding hydrogens is 985 g/mol. The summed E-state index contributed by atoms with van der Waals surface area (Å²) in [7, 11) is 0. The largest absolute Gasteiger partial charge is 0.462 e. The first kappa shape index (κ1) is 76.3. The minimum Gasteiger partial charge on any atom is -0.462 e. The molecule has 80 heavy (non-hydrogen) atoms. The Kier molecular flexibility index (Phi) is 64.7. The number of allylic oxidation sites excluding steroid dienone is 16. The number of esters is 3. The summed E-state index contributed by atoms with van der Waals surface area (Å²) in [4.78, 5) is 38.4. The number of ether oxygens (including phenoxy) is 3. The van der Waals surface area contributed by atoms with E-state index >= 15 is 0 Å². The van der Waals surface area contributed by atoms with Crippen molar-refractivity contribution in [3.05, 3.63) is 97.2 Å². The maximum Gasteiger partial charge on any atom is 0.306 e. The summed E-state index contributed by atoms with van der Waals surface area (Å²) in [5.41, 5.74) is 0. The number of unbranched alkanes of at least 4 members (excludes halogenated alkanes) is 35. The lowest BCUT2D eigenvalue weighted by molar-refractivity contribution is -0.167. The molecule has 6 heteroatoms. The zero-order valence-corrected chi connectivity index (χ0v) is 52.8. The van der Waals surface area contributed by atoms with E-state index in [-0.39, 0.29) is 31.1 Å². The van der Waals surface area contributed by atoms with Gasteiger partial charge in [0, 0.05) is 19.3 Å². The second-order valence-electron chi connectivity index (χ2n) is 22.7. The Morgan fingerprint density at radius 2 is 0.487 bits per heavy atom. The van der Waals surface area contributed by atoms with Crippen LogP contribution in [0.1, 0.15) is 335 Å². The van der Waals surface area contributed by atoms with Gasteiger partial charge in [0.25, 0.3) is 0 Å². The Bertz CT molecular complexity index is 1560. The lowest BCUT2D eigenvalue weighted by atomic mass is 10.1. The maximum atomic E-state index is 13.0. The third-order valence-electron chi connectivity index (χ3n) is 14.8. The van der Waals surface area contributed by atoms with Gasteiger partial charge in [-0.25, -0.2) is 0 Å². The SMILES string of the molecule is CC/C=C\C/C=C\C/C=C\C/C=C\CCCCCCCCCCCCC(=O)OCC(COC(=O)CCCCCCC/C=C\CCCCCCCCC)OC(=O)CCCCCCCCCC/C=C\C/C=C\C/C=C\CCCCCCC. The normalized spacial score (nSPS) is 12.7. The molecule has 0 radical (unpaired) electrons. The van der Waals surface area contributed by atoms with Gasteiger partial charge in [-0.05, 0) is 122 Å². The molecule has 0 rings (SSSR count). The third kappa shape index (κ3) is 65.1. The summed E-state index contributed by atoms with van der Waals surface area (Å²) in [5, 5.41) is 0. The summed E-state index contributed by atoms with van der Waals surface area (Å²) in [6, 6.07) is 0. The van der Waals surface area contributed by atoms with Crippen LogP contribution in [-0.2, 0) is 28.6 Å². The van der Waals surface area contributed by atoms with Gasteiger partial charge in [0.2, 0.25) is 0 Å². The van der Waals surface area contributed by atoms with E-state index in [1.807, 2.05) is 0 Å². The molecule has 0 bridgehead atoms. The quantitative estimate of drug-likeness (QED) is 0.0261. The summed E-state index contributed by atoms with van der Waals surface area (Å²) in [5.74, 6) is -0.890.